The van der Waals surface area contributed by atoms with Crippen LogP contribution in [0.3, 0.4) is 0 Å². The van der Waals surface area contributed by atoms with Gasteiger partial charge in [0.1, 0.15) is 0 Å². The molecule has 2 heteroatoms. The van der Waals surface area contributed by atoms with Crippen molar-refractivity contribution in [2.24, 2.45) is 23.3 Å². The summed E-state index contributed by atoms with van der Waals surface area (Å²) < 4.78 is 0. The predicted molar refractivity (Wildman–Crippen MR) is 48.2 cm³/mol. The summed E-state index contributed by atoms with van der Waals surface area (Å²) in [5.74, 6) is 1.60. The molecule has 0 aromatic rings. The zero-order chi connectivity index (χ0) is 8.10. The second-order valence-electron chi connectivity index (χ2n) is 3.62. The molecule has 0 spiro atoms. The van der Waals surface area contributed by atoms with Crippen molar-refractivity contribution in [1.29, 1.82) is 0 Å². The molecule has 66 valence electrons. The molecule has 1 aliphatic rings. The molecular formula is C9H20N2. The first-order valence-electron chi connectivity index (χ1n) is 4.78. The highest BCUT2D eigenvalue weighted by Gasteiger charge is 2.22. The molecule has 0 aliphatic heterocycles. The smallest absolute Gasteiger partial charge is 0.00457 e. The fraction of sp³-hybridized carbons (Fsp3) is 1.00. The Morgan fingerprint density at radius 3 is 2.27 bits per heavy atom. The van der Waals surface area contributed by atoms with Crippen LogP contribution in [0.4, 0.5) is 0 Å². The van der Waals surface area contributed by atoms with Crippen LogP contribution in [0.25, 0.3) is 0 Å². The number of nitrogens with two attached hydrogens (primary N) is 2. The van der Waals surface area contributed by atoms with Crippen molar-refractivity contribution in [2.45, 2.75) is 32.1 Å². The molecule has 0 saturated heterocycles. The number of rotatable bonds is 4. The Bertz CT molecular complexity index is 97.7. The summed E-state index contributed by atoms with van der Waals surface area (Å²) >= 11 is 0. The molecule has 1 aliphatic carbocycles. The molecular weight excluding hydrogens is 136 g/mol. The zero-order valence-corrected chi connectivity index (χ0v) is 7.26. The maximum Gasteiger partial charge on any atom is -0.00457 e. The highest BCUT2D eigenvalue weighted by Crippen LogP contribution is 2.32. The van der Waals surface area contributed by atoms with Crippen molar-refractivity contribution in [1.82, 2.24) is 0 Å². The first-order chi connectivity index (χ1) is 5.38. The lowest BCUT2D eigenvalue weighted by Gasteiger charge is -2.20. The van der Waals surface area contributed by atoms with Crippen molar-refractivity contribution in [3.8, 4) is 0 Å². The lowest BCUT2D eigenvalue weighted by molar-refractivity contribution is 0.330. The van der Waals surface area contributed by atoms with Crippen LogP contribution >= 0.6 is 0 Å². The van der Waals surface area contributed by atoms with Crippen LogP contribution in [0.15, 0.2) is 0 Å². The summed E-state index contributed by atoms with van der Waals surface area (Å²) in [5, 5.41) is 0. The van der Waals surface area contributed by atoms with Crippen LogP contribution in [0.1, 0.15) is 32.1 Å². The highest BCUT2D eigenvalue weighted by molar-refractivity contribution is 4.76. The molecule has 1 fully saturated rings. The van der Waals surface area contributed by atoms with Gasteiger partial charge >= 0.3 is 0 Å². The molecule has 0 aromatic heterocycles. The van der Waals surface area contributed by atoms with E-state index in [0.717, 1.165) is 25.4 Å². The third kappa shape index (κ3) is 2.46. The van der Waals surface area contributed by atoms with E-state index in [9.17, 15) is 0 Å². The predicted octanol–water partition coefficient (Wildman–Crippen LogP) is 1.10. The Morgan fingerprint density at radius 2 is 1.82 bits per heavy atom. The summed E-state index contributed by atoms with van der Waals surface area (Å²) in [6, 6.07) is 0. The minimum Gasteiger partial charge on any atom is -0.330 e. The summed E-state index contributed by atoms with van der Waals surface area (Å²) in [4.78, 5) is 0. The molecule has 1 rings (SSSR count). The second-order valence-corrected chi connectivity index (χ2v) is 3.62. The lowest BCUT2D eigenvalue weighted by atomic mass is 9.88. The van der Waals surface area contributed by atoms with E-state index in [2.05, 4.69) is 0 Å². The minimum atomic E-state index is 0.711. The van der Waals surface area contributed by atoms with Crippen LogP contribution in [-0.4, -0.2) is 13.1 Å². The van der Waals surface area contributed by atoms with Gasteiger partial charge in [-0.25, -0.2) is 0 Å². The molecule has 0 aromatic carbocycles. The number of hydrogen-bond acceptors (Lipinski definition) is 2. The molecule has 0 heterocycles. The third-order valence-corrected chi connectivity index (χ3v) is 2.91. The van der Waals surface area contributed by atoms with Crippen molar-refractivity contribution in [3.05, 3.63) is 0 Å². The summed E-state index contributed by atoms with van der Waals surface area (Å²) in [7, 11) is 0. The normalized spacial score (nSPS) is 22.4. The molecule has 0 amide bonds. The van der Waals surface area contributed by atoms with Gasteiger partial charge in [-0.1, -0.05) is 25.7 Å². The molecule has 1 saturated carbocycles. The van der Waals surface area contributed by atoms with Gasteiger partial charge in [0.15, 0.2) is 0 Å². The van der Waals surface area contributed by atoms with E-state index in [-0.39, 0.29) is 0 Å². The quantitative estimate of drug-likeness (QED) is 0.640. The highest BCUT2D eigenvalue weighted by atomic mass is 14.6. The minimum absolute atomic E-state index is 0.711. The fourth-order valence-corrected chi connectivity index (χ4v) is 2.19. The average molecular weight is 156 g/mol. The lowest BCUT2D eigenvalue weighted by Crippen LogP contribution is -2.24. The van der Waals surface area contributed by atoms with Crippen molar-refractivity contribution in [3.63, 3.8) is 0 Å². The van der Waals surface area contributed by atoms with Gasteiger partial charge in [0.2, 0.25) is 0 Å². The SMILES string of the molecule is NCCC(CN)C1CCCC1. The Labute approximate surface area is 69.3 Å². The van der Waals surface area contributed by atoms with Crippen molar-refractivity contribution < 1.29 is 0 Å². The first-order valence-corrected chi connectivity index (χ1v) is 4.78. The molecule has 4 N–H and O–H groups in total. The largest absolute Gasteiger partial charge is 0.330 e. The maximum absolute atomic E-state index is 5.68. The molecule has 0 bridgehead atoms. The van der Waals surface area contributed by atoms with Crippen LogP contribution in [0.5, 0.6) is 0 Å². The Kier molecular flexibility index (Phi) is 3.87. The monoisotopic (exact) mass is 156 g/mol. The maximum atomic E-state index is 5.68. The summed E-state index contributed by atoms with van der Waals surface area (Å²) in [6.07, 6.45) is 6.72. The Balaban J connectivity index is 2.27. The van der Waals surface area contributed by atoms with E-state index in [1.165, 1.54) is 25.7 Å². The van der Waals surface area contributed by atoms with Crippen LogP contribution in [-0.2, 0) is 0 Å². The van der Waals surface area contributed by atoms with Crippen LogP contribution < -0.4 is 11.5 Å². The molecule has 2 nitrogen and oxygen atoms in total. The summed E-state index contributed by atoms with van der Waals surface area (Å²) in [5.41, 5.74) is 11.2. The van der Waals surface area contributed by atoms with E-state index in [4.69, 9.17) is 11.5 Å². The van der Waals surface area contributed by atoms with Gasteiger partial charge in [0.05, 0.1) is 0 Å². The standard InChI is InChI=1S/C9H20N2/c10-6-5-9(7-11)8-3-1-2-4-8/h8-9H,1-7,10-11H2. The van der Waals surface area contributed by atoms with E-state index in [1.54, 1.807) is 0 Å². The molecule has 0 radical (unpaired) electrons. The van der Waals surface area contributed by atoms with Crippen molar-refractivity contribution in [2.75, 3.05) is 13.1 Å². The van der Waals surface area contributed by atoms with E-state index in [1.807, 2.05) is 0 Å². The number of hydrogen-bond donors (Lipinski definition) is 2. The zero-order valence-electron chi connectivity index (χ0n) is 7.26. The van der Waals surface area contributed by atoms with E-state index in [0.29, 0.717) is 5.92 Å². The van der Waals surface area contributed by atoms with Gasteiger partial charge in [-0.2, -0.15) is 0 Å². The molecule has 1 atom stereocenters. The van der Waals surface area contributed by atoms with Gasteiger partial charge in [0, 0.05) is 0 Å². The van der Waals surface area contributed by atoms with E-state index >= 15 is 0 Å². The fourth-order valence-electron chi connectivity index (χ4n) is 2.19. The van der Waals surface area contributed by atoms with Gasteiger partial charge in [-0.3, -0.25) is 0 Å². The van der Waals surface area contributed by atoms with Gasteiger partial charge in [0.25, 0.3) is 0 Å². The van der Waals surface area contributed by atoms with Crippen LogP contribution in [0, 0.1) is 11.8 Å². The Hall–Kier alpha value is -0.0800. The Morgan fingerprint density at radius 1 is 1.18 bits per heavy atom. The van der Waals surface area contributed by atoms with Gasteiger partial charge in [-0.15, -0.1) is 0 Å². The molecule has 11 heavy (non-hydrogen) atoms. The van der Waals surface area contributed by atoms with Crippen LogP contribution in [0.2, 0.25) is 0 Å². The first kappa shape index (κ1) is 9.01. The van der Waals surface area contributed by atoms with E-state index < -0.39 is 0 Å². The summed E-state index contributed by atoms with van der Waals surface area (Å²) in [6.45, 7) is 1.64. The second kappa shape index (κ2) is 4.73. The average Bonchev–Trinajstić information content (AvgIpc) is 2.52. The van der Waals surface area contributed by atoms with Gasteiger partial charge in [-0.05, 0) is 31.3 Å². The third-order valence-electron chi connectivity index (χ3n) is 2.91. The topological polar surface area (TPSA) is 52.0 Å². The van der Waals surface area contributed by atoms with Gasteiger partial charge < -0.3 is 11.5 Å². The van der Waals surface area contributed by atoms with Crippen molar-refractivity contribution >= 4 is 0 Å². The molecule has 1 unspecified atom stereocenters.